The van der Waals surface area contributed by atoms with Gasteiger partial charge in [0.05, 0.1) is 6.54 Å². The van der Waals surface area contributed by atoms with Crippen LogP contribution >= 0.6 is 22.7 Å². The molecule has 4 nitrogen and oxygen atoms in total. The van der Waals surface area contributed by atoms with E-state index in [1.807, 2.05) is 35.9 Å². The van der Waals surface area contributed by atoms with Crippen LogP contribution in [0.4, 0.5) is 0 Å². The molecule has 0 fully saturated rings. The summed E-state index contributed by atoms with van der Waals surface area (Å²) in [5.74, 6) is 1.53. The molecule has 6 heteroatoms. The molecule has 108 valence electrons. The minimum absolute atomic E-state index is 0.0956. The second kappa shape index (κ2) is 5.83. The lowest BCUT2D eigenvalue weighted by atomic mass is 10.3. The van der Waals surface area contributed by atoms with E-state index in [2.05, 4.69) is 4.98 Å². The molecule has 0 aliphatic heterocycles. The Morgan fingerprint density at radius 3 is 2.86 bits per heavy atom. The fourth-order valence-corrected chi connectivity index (χ4v) is 3.47. The largest absolute Gasteiger partial charge is 0.464 e. The van der Waals surface area contributed by atoms with E-state index in [0.717, 1.165) is 22.1 Å². The molecule has 0 bridgehead atoms. The van der Waals surface area contributed by atoms with Gasteiger partial charge in [-0.1, -0.05) is 0 Å². The Hall–Kier alpha value is -1.92. The maximum atomic E-state index is 12.4. The van der Waals surface area contributed by atoms with Crippen molar-refractivity contribution in [1.29, 1.82) is 0 Å². The zero-order chi connectivity index (χ0) is 14.8. The van der Waals surface area contributed by atoms with Gasteiger partial charge in [-0.25, -0.2) is 4.98 Å². The minimum Gasteiger partial charge on any atom is -0.464 e. The number of carbonyl (C=O) groups excluding carboxylic acids is 1. The third-order valence-corrected chi connectivity index (χ3v) is 4.60. The van der Waals surface area contributed by atoms with Gasteiger partial charge in [-0.2, -0.15) is 11.3 Å². The average Bonchev–Trinajstić information content (AvgIpc) is 3.18. The summed E-state index contributed by atoms with van der Waals surface area (Å²) >= 11 is 3.11. The number of thiophene rings is 1. The van der Waals surface area contributed by atoms with Crippen LogP contribution in [0.2, 0.25) is 0 Å². The molecule has 3 aromatic rings. The van der Waals surface area contributed by atoms with E-state index >= 15 is 0 Å². The zero-order valence-corrected chi connectivity index (χ0v) is 13.3. The molecular weight excluding hydrogens is 304 g/mol. The molecule has 0 saturated carbocycles. The SMILES string of the molecule is Cc1ccc(CN(C)C(=O)c2csc(-c3ccsc3)n2)o1. The highest BCUT2D eigenvalue weighted by molar-refractivity contribution is 7.14. The summed E-state index contributed by atoms with van der Waals surface area (Å²) in [4.78, 5) is 18.4. The Balaban J connectivity index is 1.72. The van der Waals surface area contributed by atoms with Gasteiger partial charge in [0.1, 0.15) is 22.2 Å². The molecule has 1 amide bonds. The van der Waals surface area contributed by atoms with Crippen LogP contribution in [0.5, 0.6) is 0 Å². The Bertz CT molecular complexity index is 743. The standard InChI is InChI=1S/C15H14N2O2S2/c1-10-3-4-12(19-10)7-17(2)15(18)13-9-21-14(16-13)11-5-6-20-8-11/h3-6,8-9H,7H2,1-2H3. The number of hydrogen-bond acceptors (Lipinski definition) is 5. The number of hydrogen-bond donors (Lipinski definition) is 0. The van der Waals surface area contributed by atoms with Crippen LogP contribution in [0.3, 0.4) is 0 Å². The quantitative estimate of drug-likeness (QED) is 0.729. The van der Waals surface area contributed by atoms with E-state index in [9.17, 15) is 4.79 Å². The number of rotatable bonds is 4. The van der Waals surface area contributed by atoms with Crippen LogP contribution in [0.1, 0.15) is 22.0 Å². The van der Waals surface area contributed by atoms with Crippen molar-refractivity contribution in [1.82, 2.24) is 9.88 Å². The molecule has 3 rings (SSSR count). The molecule has 0 aromatic carbocycles. The number of furan rings is 1. The van der Waals surface area contributed by atoms with Crippen molar-refractivity contribution in [3.63, 3.8) is 0 Å². The van der Waals surface area contributed by atoms with Crippen molar-refractivity contribution >= 4 is 28.6 Å². The van der Waals surface area contributed by atoms with Gasteiger partial charge in [0, 0.05) is 23.4 Å². The van der Waals surface area contributed by atoms with E-state index in [4.69, 9.17) is 4.42 Å². The number of carbonyl (C=O) groups is 1. The minimum atomic E-state index is -0.0956. The highest BCUT2D eigenvalue weighted by Gasteiger charge is 2.17. The van der Waals surface area contributed by atoms with Gasteiger partial charge in [0.2, 0.25) is 0 Å². The summed E-state index contributed by atoms with van der Waals surface area (Å²) < 4.78 is 5.49. The van der Waals surface area contributed by atoms with Crippen LogP contribution < -0.4 is 0 Å². The van der Waals surface area contributed by atoms with Crippen LogP contribution in [0.15, 0.2) is 38.8 Å². The van der Waals surface area contributed by atoms with E-state index in [1.54, 1.807) is 28.7 Å². The van der Waals surface area contributed by atoms with Crippen LogP contribution in [0.25, 0.3) is 10.6 Å². The lowest BCUT2D eigenvalue weighted by Crippen LogP contribution is -2.26. The van der Waals surface area contributed by atoms with Gasteiger partial charge in [-0.3, -0.25) is 4.79 Å². The lowest BCUT2D eigenvalue weighted by molar-refractivity contribution is 0.0770. The van der Waals surface area contributed by atoms with Crippen molar-refractivity contribution in [3.05, 3.63) is 51.6 Å². The number of thiazole rings is 1. The Morgan fingerprint density at radius 2 is 2.19 bits per heavy atom. The van der Waals surface area contributed by atoms with Gasteiger partial charge in [-0.15, -0.1) is 11.3 Å². The zero-order valence-electron chi connectivity index (χ0n) is 11.7. The van der Waals surface area contributed by atoms with Crippen LogP contribution in [-0.4, -0.2) is 22.8 Å². The van der Waals surface area contributed by atoms with E-state index in [0.29, 0.717) is 12.2 Å². The Kier molecular flexibility index (Phi) is 3.90. The first-order chi connectivity index (χ1) is 10.1. The topological polar surface area (TPSA) is 46.3 Å². The van der Waals surface area contributed by atoms with Crippen molar-refractivity contribution in [2.24, 2.45) is 0 Å². The summed E-state index contributed by atoms with van der Waals surface area (Å²) in [6, 6.07) is 5.79. The molecule has 0 atom stereocenters. The number of nitrogens with zero attached hydrogens (tertiary/aromatic N) is 2. The lowest BCUT2D eigenvalue weighted by Gasteiger charge is -2.13. The summed E-state index contributed by atoms with van der Waals surface area (Å²) in [7, 11) is 1.75. The predicted octanol–water partition coefficient (Wildman–Crippen LogP) is 4.05. The molecule has 0 unspecified atom stereocenters. The summed E-state index contributed by atoms with van der Waals surface area (Å²) in [6.07, 6.45) is 0. The van der Waals surface area contributed by atoms with Gasteiger partial charge < -0.3 is 9.32 Å². The van der Waals surface area contributed by atoms with Crippen molar-refractivity contribution in [2.45, 2.75) is 13.5 Å². The Morgan fingerprint density at radius 1 is 1.33 bits per heavy atom. The average molecular weight is 318 g/mol. The van der Waals surface area contributed by atoms with Crippen molar-refractivity contribution in [3.8, 4) is 10.6 Å². The highest BCUT2D eigenvalue weighted by Crippen LogP contribution is 2.26. The second-order valence-electron chi connectivity index (χ2n) is 4.72. The first kappa shape index (κ1) is 14.0. The number of aromatic nitrogens is 1. The van der Waals surface area contributed by atoms with Gasteiger partial charge >= 0.3 is 0 Å². The second-order valence-corrected chi connectivity index (χ2v) is 6.36. The maximum Gasteiger partial charge on any atom is 0.273 e. The van der Waals surface area contributed by atoms with E-state index in [-0.39, 0.29) is 5.91 Å². The predicted molar refractivity (Wildman–Crippen MR) is 84.7 cm³/mol. The molecule has 0 spiro atoms. The van der Waals surface area contributed by atoms with Crippen molar-refractivity contribution in [2.75, 3.05) is 7.05 Å². The molecule has 3 aromatic heterocycles. The fourth-order valence-electron chi connectivity index (χ4n) is 1.96. The van der Waals surface area contributed by atoms with Gasteiger partial charge in [-0.05, 0) is 30.5 Å². The molecule has 0 aliphatic rings. The highest BCUT2D eigenvalue weighted by atomic mass is 32.1. The number of aryl methyl sites for hydroxylation is 1. The van der Waals surface area contributed by atoms with E-state index in [1.165, 1.54) is 11.3 Å². The smallest absolute Gasteiger partial charge is 0.273 e. The van der Waals surface area contributed by atoms with E-state index < -0.39 is 0 Å². The molecular formula is C15H14N2O2S2. The maximum absolute atomic E-state index is 12.4. The third kappa shape index (κ3) is 3.06. The molecule has 0 N–H and O–H groups in total. The molecule has 0 saturated heterocycles. The molecule has 0 radical (unpaired) electrons. The molecule has 21 heavy (non-hydrogen) atoms. The number of amides is 1. The first-order valence-electron chi connectivity index (χ1n) is 6.42. The molecule has 0 aliphatic carbocycles. The van der Waals surface area contributed by atoms with Gasteiger partial charge in [0.15, 0.2) is 0 Å². The summed E-state index contributed by atoms with van der Waals surface area (Å²) in [5.41, 5.74) is 1.54. The van der Waals surface area contributed by atoms with Crippen LogP contribution in [-0.2, 0) is 6.54 Å². The normalized spacial score (nSPS) is 10.8. The molecule has 3 heterocycles. The Labute approximate surface area is 130 Å². The fraction of sp³-hybridized carbons (Fsp3) is 0.200. The van der Waals surface area contributed by atoms with Crippen molar-refractivity contribution < 1.29 is 9.21 Å². The summed E-state index contributed by atoms with van der Waals surface area (Å²) in [5, 5.41) is 6.72. The summed E-state index contributed by atoms with van der Waals surface area (Å²) in [6.45, 7) is 2.33. The monoisotopic (exact) mass is 318 g/mol. The third-order valence-electron chi connectivity index (χ3n) is 3.03. The first-order valence-corrected chi connectivity index (χ1v) is 8.24. The van der Waals surface area contributed by atoms with Gasteiger partial charge in [0.25, 0.3) is 5.91 Å². The van der Waals surface area contributed by atoms with Crippen LogP contribution in [0, 0.1) is 6.92 Å².